The van der Waals surface area contributed by atoms with E-state index in [2.05, 4.69) is 17.1 Å². The summed E-state index contributed by atoms with van der Waals surface area (Å²) in [6.07, 6.45) is 4.96. The Morgan fingerprint density at radius 3 is 2.47 bits per heavy atom. The molecule has 17 heavy (non-hydrogen) atoms. The van der Waals surface area contributed by atoms with Crippen molar-refractivity contribution >= 4 is 9.84 Å². The van der Waals surface area contributed by atoms with Gasteiger partial charge in [-0.1, -0.05) is 13.3 Å². The van der Waals surface area contributed by atoms with E-state index < -0.39 is 9.84 Å². The third-order valence-corrected chi connectivity index (χ3v) is 5.35. The Morgan fingerprint density at radius 1 is 1.29 bits per heavy atom. The Kier molecular flexibility index (Phi) is 4.44. The highest BCUT2D eigenvalue weighted by Crippen LogP contribution is 2.19. The molecule has 1 saturated heterocycles. The van der Waals surface area contributed by atoms with Crippen molar-refractivity contribution in [2.45, 2.75) is 44.7 Å². The predicted octanol–water partition coefficient (Wildman–Crippen LogP) is 0.638. The van der Waals surface area contributed by atoms with Gasteiger partial charge >= 0.3 is 0 Å². The third-order valence-electron chi connectivity index (χ3n) is 3.74. The van der Waals surface area contributed by atoms with E-state index >= 15 is 0 Å². The van der Waals surface area contributed by atoms with Crippen LogP contribution in [0.15, 0.2) is 0 Å². The molecule has 0 aromatic carbocycles. The van der Waals surface area contributed by atoms with Crippen molar-refractivity contribution in [2.75, 3.05) is 31.1 Å². The lowest BCUT2D eigenvalue weighted by Crippen LogP contribution is -2.49. The third kappa shape index (κ3) is 4.23. The van der Waals surface area contributed by atoms with Crippen LogP contribution < -0.4 is 5.32 Å². The van der Waals surface area contributed by atoms with Gasteiger partial charge in [0.15, 0.2) is 9.84 Å². The highest BCUT2D eigenvalue weighted by atomic mass is 32.2. The SMILES string of the molecule is CCCC(CNC1CC1)N1CCS(=O)(=O)CC1. The highest BCUT2D eigenvalue weighted by molar-refractivity contribution is 7.91. The molecule has 0 aromatic rings. The molecule has 4 nitrogen and oxygen atoms in total. The number of hydrogen-bond donors (Lipinski definition) is 1. The first-order chi connectivity index (χ1) is 8.11. The maximum Gasteiger partial charge on any atom is 0.152 e. The topological polar surface area (TPSA) is 49.4 Å². The summed E-state index contributed by atoms with van der Waals surface area (Å²) in [5, 5.41) is 3.57. The van der Waals surface area contributed by atoms with Gasteiger partial charge in [0.1, 0.15) is 0 Å². The van der Waals surface area contributed by atoms with Crippen LogP contribution in [0.4, 0.5) is 0 Å². The van der Waals surface area contributed by atoms with E-state index in [1.165, 1.54) is 25.7 Å². The second-order valence-corrected chi connectivity index (χ2v) is 7.62. The van der Waals surface area contributed by atoms with Crippen molar-refractivity contribution in [2.24, 2.45) is 0 Å². The number of rotatable bonds is 6. The number of nitrogens with one attached hydrogen (secondary N) is 1. The minimum absolute atomic E-state index is 0.344. The Hall–Kier alpha value is -0.130. The van der Waals surface area contributed by atoms with Crippen LogP contribution in [0.3, 0.4) is 0 Å². The van der Waals surface area contributed by atoms with Crippen molar-refractivity contribution in [3.8, 4) is 0 Å². The average molecular weight is 260 g/mol. The molecule has 0 amide bonds. The van der Waals surface area contributed by atoms with Crippen LogP contribution in [-0.2, 0) is 9.84 Å². The van der Waals surface area contributed by atoms with Gasteiger partial charge in [-0.05, 0) is 19.3 Å². The summed E-state index contributed by atoms with van der Waals surface area (Å²) in [5.41, 5.74) is 0. The van der Waals surface area contributed by atoms with Gasteiger partial charge in [-0.3, -0.25) is 4.90 Å². The lowest BCUT2D eigenvalue weighted by Gasteiger charge is -2.34. The highest BCUT2D eigenvalue weighted by Gasteiger charge is 2.28. The zero-order chi connectivity index (χ0) is 12.3. The molecule has 1 unspecified atom stereocenters. The van der Waals surface area contributed by atoms with Crippen molar-refractivity contribution in [3.63, 3.8) is 0 Å². The summed E-state index contributed by atoms with van der Waals surface area (Å²) in [6.45, 7) is 4.67. The maximum atomic E-state index is 11.4. The monoisotopic (exact) mass is 260 g/mol. The van der Waals surface area contributed by atoms with E-state index in [4.69, 9.17) is 0 Å². The normalized spacial score (nSPS) is 26.9. The van der Waals surface area contributed by atoms with Crippen molar-refractivity contribution in [1.29, 1.82) is 0 Å². The summed E-state index contributed by atoms with van der Waals surface area (Å²) < 4.78 is 22.8. The van der Waals surface area contributed by atoms with E-state index in [1.54, 1.807) is 0 Å². The van der Waals surface area contributed by atoms with Gasteiger partial charge in [-0.25, -0.2) is 8.42 Å². The van der Waals surface area contributed by atoms with Crippen LogP contribution in [0, 0.1) is 0 Å². The average Bonchev–Trinajstić information content (AvgIpc) is 3.08. The van der Waals surface area contributed by atoms with E-state index in [1.807, 2.05) is 0 Å². The number of sulfone groups is 1. The van der Waals surface area contributed by atoms with E-state index in [0.29, 0.717) is 17.5 Å². The first-order valence-corrected chi connectivity index (χ1v) is 8.61. The first-order valence-electron chi connectivity index (χ1n) is 6.78. The molecule has 1 aliphatic carbocycles. The molecule has 0 aromatic heterocycles. The molecular formula is C12H24N2O2S. The molecular weight excluding hydrogens is 236 g/mol. The molecule has 2 fully saturated rings. The Bertz CT molecular complexity index is 324. The second kappa shape index (κ2) is 5.67. The summed E-state index contributed by atoms with van der Waals surface area (Å²) >= 11 is 0. The molecule has 5 heteroatoms. The fourth-order valence-electron chi connectivity index (χ4n) is 2.43. The van der Waals surface area contributed by atoms with Crippen LogP contribution in [-0.4, -0.2) is 56.5 Å². The quantitative estimate of drug-likeness (QED) is 0.761. The summed E-state index contributed by atoms with van der Waals surface area (Å²) in [7, 11) is -2.75. The molecule has 2 rings (SSSR count). The van der Waals surface area contributed by atoms with Crippen LogP contribution in [0.25, 0.3) is 0 Å². The first kappa shape index (κ1) is 13.3. The fraction of sp³-hybridized carbons (Fsp3) is 1.00. The second-order valence-electron chi connectivity index (χ2n) is 5.31. The molecule has 1 atom stereocenters. The van der Waals surface area contributed by atoms with Crippen LogP contribution in [0.2, 0.25) is 0 Å². The Labute approximate surface area is 105 Å². The van der Waals surface area contributed by atoms with Crippen LogP contribution in [0.1, 0.15) is 32.6 Å². The zero-order valence-corrected chi connectivity index (χ0v) is 11.5. The molecule has 1 saturated carbocycles. The Morgan fingerprint density at radius 2 is 1.94 bits per heavy atom. The molecule has 0 spiro atoms. The number of nitrogens with zero attached hydrogens (tertiary/aromatic N) is 1. The van der Waals surface area contributed by atoms with Gasteiger partial charge in [-0.2, -0.15) is 0 Å². The van der Waals surface area contributed by atoms with Gasteiger partial charge in [0.25, 0.3) is 0 Å². The Balaban J connectivity index is 1.82. The summed E-state index contributed by atoms with van der Waals surface area (Å²) in [4.78, 5) is 2.36. The van der Waals surface area contributed by atoms with Crippen molar-refractivity contribution in [1.82, 2.24) is 10.2 Å². The van der Waals surface area contributed by atoms with Crippen LogP contribution in [0.5, 0.6) is 0 Å². The van der Waals surface area contributed by atoms with Gasteiger partial charge in [0.05, 0.1) is 11.5 Å². The summed E-state index contributed by atoms with van der Waals surface area (Å²) in [6, 6.07) is 1.26. The zero-order valence-electron chi connectivity index (χ0n) is 10.7. The molecule has 0 radical (unpaired) electrons. The van der Waals surface area contributed by atoms with Crippen molar-refractivity contribution < 1.29 is 8.42 Å². The largest absolute Gasteiger partial charge is 0.312 e. The van der Waals surface area contributed by atoms with Gasteiger partial charge in [0.2, 0.25) is 0 Å². The molecule has 1 heterocycles. The van der Waals surface area contributed by atoms with Gasteiger partial charge in [0, 0.05) is 31.7 Å². The molecule has 100 valence electrons. The molecule has 2 aliphatic rings. The molecule has 1 N–H and O–H groups in total. The minimum atomic E-state index is -2.75. The summed E-state index contributed by atoms with van der Waals surface area (Å²) in [5.74, 6) is 0.688. The molecule has 1 aliphatic heterocycles. The van der Waals surface area contributed by atoms with Crippen LogP contribution >= 0.6 is 0 Å². The standard InChI is InChI=1S/C12H24N2O2S/c1-2-3-12(10-13-11-4-5-11)14-6-8-17(15,16)9-7-14/h11-13H,2-10H2,1H3. The van der Waals surface area contributed by atoms with E-state index in [0.717, 1.165) is 25.7 Å². The predicted molar refractivity (Wildman–Crippen MR) is 69.9 cm³/mol. The van der Waals surface area contributed by atoms with Gasteiger partial charge in [-0.15, -0.1) is 0 Å². The lowest BCUT2D eigenvalue weighted by molar-refractivity contribution is 0.195. The van der Waals surface area contributed by atoms with Gasteiger partial charge < -0.3 is 5.32 Å². The smallest absolute Gasteiger partial charge is 0.152 e. The van der Waals surface area contributed by atoms with E-state index in [9.17, 15) is 8.42 Å². The number of hydrogen-bond acceptors (Lipinski definition) is 4. The molecule has 0 bridgehead atoms. The van der Waals surface area contributed by atoms with Crippen molar-refractivity contribution in [3.05, 3.63) is 0 Å². The lowest BCUT2D eigenvalue weighted by atomic mass is 10.1. The fourth-order valence-corrected chi connectivity index (χ4v) is 3.66. The maximum absolute atomic E-state index is 11.4. The minimum Gasteiger partial charge on any atom is -0.312 e. The van der Waals surface area contributed by atoms with E-state index in [-0.39, 0.29) is 0 Å².